The fourth-order valence-electron chi connectivity index (χ4n) is 2.04. The van der Waals surface area contributed by atoms with E-state index in [-0.39, 0.29) is 5.54 Å². The minimum absolute atomic E-state index is 0.272. The lowest BCUT2D eigenvalue weighted by Crippen LogP contribution is -2.34. The molecule has 0 fully saturated rings. The maximum atomic E-state index is 6.40. The topological polar surface area (TPSA) is 38.9 Å². The predicted molar refractivity (Wildman–Crippen MR) is 78.7 cm³/mol. The van der Waals surface area contributed by atoms with Crippen LogP contribution in [0.5, 0.6) is 0 Å². The molecular weight excluding hydrogens is 240 g/mol. The molecule has 0 saturated heterocycles. The first kappa shape index (κ1) is 13.2. The number of nitrogens with zero attached hydrogens (tertiary/aromatic N) is 1. The highest BCUT2D eigenvalue weighted by molar-refractivity contribution is 7.10. The van der Waals surface area contributed by atoms with E-state index in [1.807, 2.05) is 0 Å². The van der Waals surface area contributed by atoms with Crippen LogP contribution in [0.25, 0.3) is 11.3 Å². The van der Waals surface area contributed by atoms with Gasteiger partial charge in [-0.15, -0.1) is 11.3 Å². The molecule has 0 atom stereocenters. The Morgan fingerprint density at radius 1 is 1.22 bits per heavy atom. The fraction of sp³-hybridized carbons (Fsp3) is 0.400. The van der Waals surface area contributed by atoms with Gasteiger partial charge in [-0.25, -0.2) is 4.98 Å². The summed E-state index contributed by atoms with van der Waals surface area (Å²) in [6.07, 6.45) is 1.84. The summed E-state index contributed by atoms with van der Waals surface area (Å²) in [5.74, 6) is 0. The number of aryl methyl sites for hydroxylation is 1. The van der Waals surface area contributed by atoms with Crippen molar-refractivity contribution in [2.24, 2.45) is 5.73 Å². The summed E-state index contributed by atoms with van der Waals surface area (Å²) in [7, 11) is 0. The molecule has 0 spiro atoms. The van der Waals surface area contributed by atoms with Gasteiger partial charge >= 0.3 is 0 Å². The van der Waals surface area contributed by atoms with Gasteiger partial charge < -0.3 is 5.73 Å². The van der Waals surface area contributed by atoms with Crippen molar-refractivity contribution in [2.75, 3.05) is 0 Å². The van der Waals surface area contributed by atoms with Crippen LogP contribution in [0, 0.1) is 6.92 Å². The second-order valence-electron chi connectivity index (χ2n) is 4.72. The summed E-state index contributed by atoms with van der Waals surface area (Å²) in [5, 5.41) is 3.16. The quantitative estimate of drug-likeness (QED) is 0.899. The number of rotatable bonds is 4. The predicted octanol–water partition coefficient (Wildman–Crippen LogP) is 4.09. The minimum Gasteiger partial charge on any atom is -0.319 e. The molecule has 0 radical (unpaired) electrons. The third-order valence-corrected chi connectivity index (χ3v) is 4.68. The van der Waals surface area contributed by atoms with E-state index in [1.165, 1.54) is 11.1 Å². The van der Waals surface area contributed by atoms with Gasteiger partial charge in [0.05, 0.1) is 11.2 Å². The Morgan fingerprint density at radius 3 is 2.50 bits per heavy atom. The molecule has 3 heteroatoms. The van der Waals surface area contributed by atoms with Gasteiger partial charge in [-0.2, -0.15) is 0 Å². The lowest BCUT2D eigenvalue weighted by molar-refractivity contribution is 0.411. The monoisotopic (exact) mass is 260 g/mol. The van der Waals surface area contributed by atoms with Crippen LogP contribution in [0.3, 0.4) is 0 Å². The largest absolute Gasteiger partial charge is 0.319 e. The molecule has 0 saturated carbocycles. The first-order valence-corrected chi connectivity index (χ1v) is 7.29. The average Bonchev–Trinajstić information content (AvgIpc) is 2.88. The summed E-state index contributed by atoms with van der Waals surface area (Å²) in [6, 6.07) is 8.34. The Bertz CT molecular complexity index is 527. The van der Waals surface area contributed by atoms with Crippen molar-refractivity contribution in [3.63, 3.8) is 0 Å². The molecule has 0 unspecified atom stereocenters. The smallest absolute Gasteiger partial charge is 0.113 e. The molecule has 18 heavy (non-hydrogen) atoms. The van der Waals surface area contributed by atoms with Crippen LogP contribution in [0.2, 0.25) is 0 Å². The van der Waals surface area contributed by atoms with E-state index >= 15 is 0 Å². The fourth-order valence-corrected chi connectivity index (χ4v) is 3.12. The number of thiazole rings is 1. The van der Waals surface area contributed by atoms with Crippen molar-refractivity contribution in [1.82, 2.24) is 4.98 Å². The van der Waals surface area contributed by atoms with Gasteiger partial charge in [0.15, 0.2) is 0 Å². The molecule has 1 aromatic heterocycles. The normalized spacial score (nSPS) is 11.8. The molecule has 96 valence electrons. The standard InChI is InChI=1S/C15H20N2S/c1-4-15(16,5-2)14-17-13(10-18-14)12-9-7-6-8-11(12)3/h6-10H,4-5,16H2,1-3H3. The Kier molecular flexibility index (Phi) is 3.83. The maximum absolute atomic E-state index is 6.40. The van der Waals surface area contributed by atoms with Crippen molar-refractivity contribution < 1.29 is 0 Å². The van der Waals surface area contributed by atoms with Crippen LogP contribution < -0.4 is 5.73 Å². The lowest BCUT2D eigenvalue weighted by Gasteiger charge is -2.23. The van der Waals surface area contributed by atoms with Crippen molar-refractivity contribution >= 4 is 11.3 Å². The number of hydrogen-bond donors (Lipinski definition) is 1. The van der Waals surface area contributed by atoms with Crippen LogP contribution >= 0.6 is 11.3 Å². The van der Waals surface area contributed by atoms with Gasteiger partial charge in [0, 0.05) is 10.9 Å². The van der Waals surface area contributed by atoms with Crippen molar-refractivity contribution in [1.29, 1.82) is 0 Å². The zero-order chi connectivity index (χ0) is 13.2. The van der Waals surface area contributed by atoms with E-state index in [2.05, 4.69) is 50.4 Å². The summed E-state index contributed by atoms with van der Waals surface area (Å²) in [4.78, 5) is 4.75. The van der Waals surface area contributed by atoms with Gasteiger partial charge in [-0.1, -0.05) is 38.1 Å². The van der Waals surface area contributed by atoms with E-state index in [0.717, 1.165) is 23.5 Å². The molecule has 0 bridgehead atoms. The minimum atomic E-state index is -0.272. The molecule has 2 N–H and O–H groups in total. The zero-order valence-corrected chi connectivity index (χ0v) is 12.1. The molecule has 1 heterocycles. The van der Waals surface area contributed by atoms with Gasteiger partial charge in [-0.3, -0.25) is 0 Å². The maximum Gasteiger partial charge on any atom is 0.113 e. The molecule has 1 aromatic carbocycles. The Labute approximate surface area is 113 Å². The van der Waals surface area contributed by atoms with Gasteiger partial charge in [-0.05, 0) is 25.3 Å². The average molecular weight is 260 g/mol. The third-order valence-electron chi connectivity index (χ3n) is 3.61. The van der Waals surface area contributed by atoms with Crippen molar-refractivity contribution in [3.05, 3.63) is 40.2 Å². The summed E-state index contributed by atoms with van der Waals surface area (Å²) in [5.41, 5.74) is 9.63. The third kappa shape index (κ3) is 2.33. The summed E-state index contributed by atoms with van der Waals surface area (Å²) in [6.45, 7) is 6.36. The van der Waals surface area contributed by atoms with E-state index < -0.39 is 0 Å². The molecule has 0 amide bonds. The molecule has 2 nitrogen and oxygen atoms in total. The Hall–Kier alpha value is -1.19. The zero-order valence-electron chi connectivity index (χ0n) is 11.2. The summed E-state index contributed by atoms with van der Waals surface area (Å²) < 4.78 is 0. The molecule has 2 rings (SSSR count). The number of aromatic nitrogens is 1. The number of benzene rings is 1. The van der Waals surface area contributed by atoms with Crippen LogP contribution in [0.15, 0.2) is 29.6 Å². The van der Waals surface area contributed by atoms with Crippen LogP contribution in [0.1, 0.15) is 37.3 Å². The second-order valence-corrected chi connectivity index (χ2v) is 5.57. The molecule has 0 aliphatic heterocycles. The highest BCUT2D eigenvalue weighted by Crippen LogP contribution is 2.32. The number of nitrogens with two attached hydrogens (primary N) is 1. The van der Waals surface area contributed by atoms with Crippen LogP contribution in [-0.4, -0.2) is 4.98 Å². The molecule has 0 aliphatic carbocycles. The Balaban J connectivity index is 2.40. The second kappa shape index (κ2) is 5.21. The van der Waals surface area contributed by atoms with Crippen LogP contribution in [-0.2, 0) is 5.54 Å². The lowest BCUT2D eigenvalue weighted by atomic mass is 9.95. The van der Waals surface area contributed by atoms with E-state index in [0.29, 0.717) is 0 Å². The number of hydrogen-bond acceptors (Lipinski definition) is 3. The van der Waals surface area contributed by atoms with E-state index in [1.54, 1.807) is 11.3 Å². The molecule has 0 aliphatic rings. The van der Waals surface area contributed by atoms with Crippen molar-refractivity contribution in [3.8, 4) is 11.3 Å². The molecule has 2 aromatic rings. The van der Waals surface area contributed by atoms with E-state index in [4.69, 9.17) is 10.7 Å². The first-order valence-electron chi connectivity index (χ1n) is 6.41. The SMILES string of the molecule is CCC(N)(CC)c1nc(-c2ccccc2C)cs1. The van der Waals surface area contributed by atoms with Gasteiger partial charge in [0.1, 0.15) is 5.01 Å². The summed E-state index contributed by atoms with van der Waals surface area (Å²) >= 11 is 1.67. The van der Waals surface area contributed by atoms with E-state index in [9.17, 15) is 0 Å². The first-order chi connectivity index (χ1) is 8.60. The van der Waals surface area contributed by atoms with Crippen LogP contribution in [0.4, 0.5) is 0 Å². The Morgan fingerprint density at radius 2 is 1.89 bits per heavy atom. The van der Waals surface area contributed by atoms with Crippen molar-refractivity contribution in [2.45, 2.75) is 39.2 Å². The van der Waals surface area contributed by atoms with Gasteiger partial charge in [0.25, 0.3) is 0 Å². The highest BCUT2D eigenvalue weighted by atomic mass is 32.1. The molecular formula is C15H20N2S. The highest BCUT2D eigenvalue weighted by Gasteiger charge is 2.26. The van der Waals surface area contributed by atoms with Gasteiger partial charge in [0.2, 0.25) is 0 Å².